The summed E-state index contributed by atoms with van der Waals surface area (Å²) in [5.74, 6) is -1.58. The maximum Gasteiger partial charge on any atom is 0.323 e. The minimum atomic E-state index is -1.19. The number of aliphatic carboxylic acids is 1. The van der Waals surface area contributed by atoms with E-state index in [9.17, 15) is 19.5 Å². The Hall–Kier alpha value is -3.89. The van der Waals surface area contributed by atoms with Gasteiger partial charge in [-0.2, -0.15) is 5.10 Å². The number of amides is 3. The van der Waals surface area contributed by atoms with Crippen LogP contribution in [0.2, 0.25) is 5.02 Å². The first-order valence-electron chi connectivity index (χ1n) is 10.5. The van der Waals surface area contributed by atoms with Crippen molar-refractivity contribution >= 4 is 35.2 Å². The van der Waals surface area contributed by atoms with E-state index in [1.807, 2.05) is 0 Å². The number of aromatic nitrogens is 2. The van der Waals surface area contributed by atoms with E-state index in [-0.39, 0.29) is 23.7 Å². The lowest BCUT2D eigenvalue weighted by Crippen LogP contribution is -2.51. The van der Waals surface area contributed by atoms with E-state index in [1.165, 1.54) is 9.80 Å². The molecule has 3 N–H and O–H groups in total. The molecule has 3 aromatic rings. The van der Waals surface area contributed by atoms with E-state index in [0.29, 0.717) is 16.9 Å². The molecule has 34 heavy (non-hydrogen) atoms. The van der Waals surface area contributed by atoms with Gasteiger partial charge in [-0.25, -0.2) is 9.48 Å². The van der Waals surface area contributed by atoms with E-state index in [2.05, 4.69) is 10.4 Å². The van der Waals surface area contributed by atoms with E-state index < -0.39 is 37.1 Å². The van der Waals surface area contributed by atoms with Gasteiger partial charge in [-0.15, -0.1) is 0 Å². The molecule has 0 unspecified atom stereocenters. The van der Waals surface area contributed by atoms with E-state index in [4.69, 9.17) is 16.7 Å². The monoisotopic (exact) mass is 483 g/mol. The zero-order valence-corrected chi connectivity index (χ0v) is 18.7. The fourth-order valence-corrected chi connectivity index (χ4v) is 4.11. The molecule has 0 fully saturated rings. The molecule has 10 nitrogen and oxygen atoms in total. The standard InChI is InChI=1S/C23H22ClN5O5/c24-19-10-16(29-9-3-8-26-29)6-7-18(19)22(33)28-13-17(14-30)27(23(34)25-11-21(31)32)12-15-4-1-2-5-20(15)28/h1-10,17,30H,11-14H2,(H,25,34)(H,31,32)/t17-/m0/s1. The second kappa shape index (κ2) is 9.94. The van der Waals surface area contributed by atoms with Crippen LogP contribution in [0.1, 0.15) is 15.9 Å². The lowest BCUT2D eigenvalue weighted by atomic mass is 10.1. The van der Waals surface area contributed by atoms with Crippen LogP contribution in [-0.2, 0) is 11.3 Å². The van der Waals surface area contributed by atoms with Crippen LogP contribution in [0.5, 0.6) is 0 Å². The number of para-hydroxylation sites is 1. The number of anilines is 1. The zero-order valence-electron chi connectivity index (χ0n) is 18.0. The Balaban J connectivity index is 1.67. The molecule has 0 radical (unpaired) electrons. The summed E-state index contributed by atoms with van der Waals surface area (Å²) < 4.78 is 1.62. The van der Waals surface area contributed by atoms with Gasteiger partial charge in [0.25, 0.3) is 5.91 Å². The molecule has 0 saturated carbocycles. The highest BCUT2D eigenvalue weighted by Crippen LogP contribution is 2.30. The minimum Gasteiger partial charge on any atom is -0.480 e. The summed E-state index contributed by atoms with van der Waals surface area (Å²) in [5.41, 5.74) is 2.19. The first-order valence-corrected chi connectivity index (χ1v) is 10.8. The maximum absolute atomic E-state index is 13.6. The topological polar surface area (TPSA) is 128 Å². The molecule has 1 aliphatic heterocycles. The fourth-order valence-electron chi connectivity index (χ4n) is 3.85. The number of nitrogens with one attached hydrogen (secondary N) is 1. The summed E-state index contributed by atoms with van der Waals surface area (Å²) in [5, 5.41) is 25.7. The summed E-state index contributed by atoms with van der Waals surface area (Å²) >= 11 is 6.48. The predicted octanol–water partition coefficient (Wildman–Crippen LogP) is 2.14. The Morgan fingerprint density at radius 2 is 1.94 bits per heavy atom. The molecule has 3 amide bonds. The summed E-state index contributed by atoms with van der Waals surface area (Å²) in [6, 6.07) is 12.4. The molecular weight excluding hydrogens is 462 g/mol. The van der Waals surface area contributed by atoms with Crippen molar-refractivity contribution in [3.05, 3.63) is 77.1 Å². The third-order valence-electron chi connectivity index (χ3n) is 5.52. The van der Waals surface area contributed by atoms with Crippen LogP contribution in [0.4, 0.5) is 10.5 Å². The number of hydrogen-bond acceptors (Lipinski definition) is 5. The van der Waals surface area contributed by atoms with E-state index in [1.54, 1.807) is 65.6 Å². The van der Waals surface area contributed by atoms with Gasteiger partial charge >= 0.3 is 12.0 Å². The molecule has 4 rings (SSSR count). The third kappa shape index (κ3) is 4.73. The highest BCUT2D eigenvalue weighted by atomic mass is 35.5. The van der Waals surface area contributed by atoms with Gasteiger partial charge in [0.15, 0.2) is 0 Å². The average Bonchev–Trinajstić information content (AvgIpc) is 3.31. The smallest absolute Gasteiger partial charge is 0.323 e. The molecule has 0 saturated heterocycles. The molecule has 0 spiro atoms. The van der Waals surface area contributed by atoms with Crippen LogP contribution in [0.15, 0.2) is 60.9 Å². The number of nitrogens with zero attached hydrogens (tertiary/aromatic N) is 4. The van der Waals surface area contributed by atoms with Crippen LogP contribution >= 0.6 is 11.6 Å². The number of carbonyl (C=O) groups is 3. The van der Waals surface area contributed by atoms with Gasteiger partial charge in [0.1, 0.15) is 6.54 Å². The van der Waals surface area contributed by atoms with Crippen molar-refractivity contribution in [1.29, 1.82) is 0 Å². The average molecular weight is 484 g/mol. The highest BCUT2D eigenvalue weighted by Gasteiger charge is 2.34. The molecule has 0 bridgehead atoms. The zero-order chi connectivity index (χ0) is 24.2. The summed E-state index contributed by atoms with van der Waals surface area (Å²) in [6.45, 7) is -0.910. The summed E-state index contributed by atoms with van der Waals surface area (Å²) in [6.07, 6.45) is 3.39. The first kappa shape index (κ1) is 23.3. The normalized spacial score (nSPS) is 15.4. The Kier molecular flexibility index (Phi) is 6.80. The van der Waals surface area contributed by atoms with Crippen molar-refractivity contribution in [2.24, 2.45) is 0 Å². The first-order chi connectivity index (χ1) is 16.4. The SMILES string of the molecule is O=C(O)CNC(=O)N1Cc2ccccc2N(C(=O)c2ccc(-n3cccn3)cc2Cl)C[C@H]1CO. The largest absolute Gasteiger partial charge is 0.480 e. The molecule has 176 valence electrons. The summed E-state index contributed by atoms with van der Waals surface area (Å²) in [4.78, 5) is 40.0. The molecule has 1 atom stereocenters. The Morgan fingerprint density at radius 3 is 2.62 bits per heavy atom. The van der Waals surface area contributed by atoms with Crippen LogP contribution in [0.25, 0.3) is 5.69 Å². The van der Waals surface area contributed by atoms with Crippen molar-refractivity contribution in [2.45, 2.75) is 12.6 Å². The Morgan fingerprint density at radius 1 is 1.15 bits per heavy atom. The van der Waals surface area contributed by atoms with Gasteiger partial charge in [-0.3, -0.25) is 9.59 Å². The van der Waals surface area contributed by atoms with Crippen LogP contribution in [0, 0.1) is 0 Å². The maximum atomic E-state index is 13.6. The van der Waals surface area contributed by atoms with E-state index in [0.717, 1.165) is 0 Å². The van der Waals surface area contributed by atoms with Crippen molar-refractivity contribution < 1.29 is 24.6 Å². The number of carboxylic acid groups (broad SMARTS) is 1. The molecule has 11 heteroatoms. The molecule has 1 aliphatic rings. The number of aliphatic hydroxyl groups is 1. The number of halogens is 1. The van der Waals surface area contributed by atoms with Crippen LogP contribution in [0.3, 0.4) is 0 Å². The van der Waals surface area contributed by atoms with Gasteiger partial charge in [0.2, 0.25) is 0 Å². The van der Waals surface area contributed by atoms with Crippen molar-refractivity contribution in [3.8, 4) is 5.69 Å². The van der Waals surface area contributed by atoms with Crippen molar-refractivity contribution in [2.75, 3.05) is 24.6 Å². The van der Waals surface area contributed by atoms with Gasteiger partial charge < -0.3 is 25.3 Å². The number of carboxylic acids is 1. The number of carbonyl (C=O) groups excluding carboxylic acids is 2. The lowest BCUT2D eigenvalue weighted by molar-refractivity contribution is -0.135. The number of aliphatic hydroxyl groups excluding tert-OH is 1. The second-order valence-corrected chi connectivity index (χ2v) is 8.08. The molecule has 2 heterocycles. The molecule has 2 aromatic carbocycles. The number of urea groups is 1. The third-order valence-corrected chi connectivity index (χ3v) is 5.83. The molecule has 1 aromatic heterocycles. The minimum absolute atomic E-state index is 0.00985. The van der Waals surface area contributed by atoms with Crippen molar-refractivity contribution in [3.63, 3.8) is 0 Å². The fraction of sp³-hybridized carbons (Fsp3) is 0.217. The number of hydrogen-bond donors (Lipinski definition) is 3. The Labute approximate surface area is 200 Å². The molecule has 0 aliphatic carbocycles. The van der Waals surface area contributed by atoms with Gasteiger partial charge in [-0.1, -0.05) is 29.8 Å². The van der Waals surface area contributed by atoms with E-state index >= 15 is 0 Å². The lowest BCUT2D eigenvalue weighted by Gasteiger charge is -2.30. The summed E-state index contributed by atoms with van der Waals surface area (Å²) in [7, 11) is 0. The number of benzene rings is 2. The quantitative estimate of drug-likeness (QED) is 0.510. The number of fused-ring (bicyclic) bond motifs is 1. The van der Waals surface area contributed by atoms with Gasteiger partial charge in [0.05, 0.1) is 28.9 Å². The number of rotatable bonds is 5. The van der Waals surface area contributed by atoms with Crippen molar-refractivity contribution in [1.82, 2.24) is 20.0 Å². The second-order valence-electron chi connectivity index (χ2n) is 7.68. The van der Waals surface area contributed by atoms with Crippen LogP contribution in [-0.4, -0.2) is 68.5 Å². The highest BCUT2D eigenvalue weighted by molar-refractivity contribution is 6.34. The van der Waals surface area contributed by atoms with Crippen LogP contribution < -0.4 is 10.2 Å². The predicted molar refractivity (Wildman–Crippen MR) is 124 cm³/mol. The molecular formula is C23H22ClN5O5. The van der Waals surface area contributed by atoms with Gasteiger partial charge in [0, 0.05) is 31.2 Å². The Bertz CT molecular complexity index is 1220. The van der Waals surface area contributed by atoms with Gasteiger partial charge in [-0.05, 0) is 35.9 Å².